The average Bonchev–Trinajstić information content (AvgIpc) is 2.66. The van der Waals surface area contributed by atoms with Crippen LogP contribution in [0.4, 0.5) is 4.39 Å². The Hall–Kier alpha value is -2.17. The molecule has 1 aliphatic rings. The zero-order valence-electron chi connectivity index (χ0n) is 14.4. The highest BCUT2D eigenvalue weighted by Gasteiger charge is 2.22. The van der Waals surface area contributed by atoms with Crippen LogP contribution in [-0.4, -0.2) is 29.1 Å². The minimum Gasteiger partial charge on any atom is -0.487 e. The number of pyridine rings is 1. The highest BCUT2D eigenvalue weighted by molar-refractivity contribution is 6.30. The van der Waals surface area contributed by atoms with Crippen molar-refractivity contribution in [3.63, 3.8) is 0 Å². The molecule has 5 heteroatoms. The fourth-order valence-corrected chi connectivity index (χ4v) is 3.52. The predicted molar refractivity (Wildman–Crippen MR) is 102 cm³/mol. The summed E-state index contributed by atoms with van der Waals surface area (Å²) >= 11 is 5.94. The van der Waals surface area contributed by atoms with Gasteiger partial charge in [0.25, 0.3) is 0 Å². The molecule has 0 N–H and O–H groups in total. The second-order valence-electron chi connectivity index (χ2n) is 6.73. The van der Waals surface area contributed by atoms with E-state index in [1.165, 1.54) is 11.6 Å². The van der Waals surface area contributed by atoms with E-state index < -0.39 is 0 Å². The summed E-state index contributed by atoms with van der Waals surface area (Å²) in [6, 6.07) is 13.1. The standard InChI is InChI=1S/C21H20ClFN2O/c22-18-3-1-15(2-4-18)14-25-9-6-19(7-10-25)26-21-12-16-5-8-24-13-17(16)11-20(21)23/h1-5,8,11-13,19H,6-7,9-10,14H2. The lowest BCUT2D eigenvalue weighted by molar-refractivity contribution is 0.0937. The van der Waals surface area contributed by atoms with E-state index in [1.807, 2.05) is 18.2 Å². The number of hydrogen-bond donors (Lipinski definition) is 0. The maximum Gasteiger partial charge on any atom is 0.165 e. The van der Waals surface area contributed by atoms with Crippen molar-refractivity contribution >= 4 is 22.4 Å². The summed E-state index contributed by atoms with van der Waals surface area (Å²) in [5.41, 5.74) is 1.25. The fourth-order valence-electron chi connectivity index (χ4n) is 3.39. The van der Waals surface area contributed by atoms with Crippen LogP contribution in [0, 0.1) is 5.82 Å². The summed E-state index contributed by atoms with van der Waals surface area (Å²) in [4.78, 5) is 6.42. The normalized spacial score (nSPS) is 16.1. The number of rotatable bonds is 4. The zero-order valence-corrected chi connectivity index (χ0v) is 15.1. The lowest BCUT2D eigenvalue weighted by Crippen LogP contribution is -2.37. The van der Waals surface area contributed by atoms with Crippen LogP contribution in [0.15, 0.2) is 54.9 Å². The van der Waals surface area contributed by atoms with Crippen molar-refractivity contribution < 1.29 is 9.13 Å². The Morgan fingerprint density at radius 3 is 2.62 bits per heavy atom. The van der Waals surface area contributed by atoms with Crippen LogP contribution in [0.1, 0.15) is 18.4 Å². The van der Waals surface area contributed by atoms with Crippen molar-refractivity contribution in [2.24, 2.45) is 0 Å². The van der Waals surface area contributed by atoms with Gasteiger partial charge in [-0.3, -0.25) is 9.88 Å². The number of benzene rings is 2. The Morgan fingerprint density at radius 2 is 1.85 bits per heavy atom. The molecule has 3 aromatic rings. The highest BCUT2D eigenvalue weighted by atomic mass is 35.5. The summed E-state index contributed by atoms with van der Waals surface area (Å²) < 4.78 is 20.3. The van der Waals surface area contributed by atoms with Gasteiger partial charge in [-0.1, -0.05) is 23.7 Å². The van der Waals surface area contributed by atoms with Gasteiger partial charge in [0.2, 0.25) is 0 Å². The predicted octanol–water partition coefficient (Wildman–Crippen LogP) is 5.07. The Morgan fingerprint density at radius 1 is 1.08 bits per heavy atom. The van der Waals surface area contributed by atoms with E-state index in [-0.39, 0.29) is 11.9 Å². The van der Waals surface area contributed by atoms with Gasteiger partial charge in [-0.05, 0) is 54.1 Å². The molecular weight excluding hydrogens is 351 g/mol. The fraction of sp³-hybridized carbons (Fsp3) is 0.286. The molecule has 2 heterocycles. The van der Waals surface area contributed by atoms with Crippen molar-refractivity contribution in [3.05, 3.63) is 71.3 Å². The molecule has 0 aliphatic carbocycles. The second-order valence-corrected chi connectivity index (χ2v) is 7.16. The van der Waals surface area contributed by atoms with Crippen molar-refractivity contribution in [1.29, 1.82) is 0 Å². The van der Waals surface area contributed by atoms with Gasteiger partial charge in [0.1, 0.15) is 6.10 Å². The molecule has 0 atom stereocenters. The molecule has 0 amide bonds. The van der Waals surface area contributed by atoms with Crippen LogP contribution in [0.2, 0.25) is 5.02 Å². The molecule has 1 fully saturated rings. The number of ether oxygens (including phenoxy) is 1. The number of aromatic nitrogens is 1. The van der Waals surface area contributed by atoms with Crippen LogP contribution in [0.3, 0.4) is 0 Å². The number of hydrogen-bond acceptors (Lipinski definition) is 3. The summed E-state index contributed by atoms with van der Waals surface area (Å²) in [5.74, 6) is 0.00828. The SMILES string of the molecule is Fc1cc2cnccc2cc1OC1CCN(Cc2ccc(Cl)cc2)CC1. The summed E-state index contributed by atoms with van der Waals surface area (Å²) in [5, 5.41) is 2.49. The molecule has 0 spiro atoms. The van der Waals surface area contributed by atoms with E-state index >= 15 is 0 Å². The van der Waals surface area contributed by atoms with E-state index in [1.54, 1.807) is 18.5 Å². The Labute approximate surface area is 157 Å². The van der Waals surface area contributed by atoms with Crippen LogP contribution >= 0.6 is 11.6 Å². The number of halogens is 2. The largest absolute Gasteiger partial charge is 0.487 e. The van der Waals surface area contributed by atoms with Crippen molar-refractivity contribution in [3.8, 4) is 5.75 Å². The van der Waals surface area contributed by atoms with Gasteiger partial charge in [0.15, 0.2) is 11.6 Å². The van der Waals surface area contributed by atoms with E-state index in [2.05, 4.69) is 22.0 Å². The van der Waals surface area contributed by atoms with Crippen LogP contribution < -0.4 is 4.74 Å². The number of fused-ring (bicyclic) bond motifs is 1. The minimum atomic E-state index is -0.325. The van der Waals surface area contributed by atoms with Gasteiger partial charge in [0, 0.05) is 42.4 Å². The van der Waals surface area contributed by atoms with E-state index in [0.717, 1.165) is 48.3 Å². The maximum absolute atomic E-state index is 14.3. The smallest absolute Gasteiger partial charge is 0.165 e. The molecule has 1 saturated heterocycles. The van der Waals surface area contributed by atoms with Gasteiger partial charge in [0.05, 0.1) is 0 Å². The Bertz CT molecular complexity index is 892. The first kappa shape index (κ1) is 17.3. The second kappa shape index (κ2) is 7.60. The molecule has 134 valence electrons. The van der Waals surface area contributed by atoms with E-state index in [9.17, 15) is 4.39 Å². The molecular formula is C21H20ClFN2O. The molecule has 3 nitrogen and oxygen atoms in total. The average molecular weight is 371 g/mol. The summed E-state index contributed by atoms with van der Waals surface area (Å²) in [6.45, 7) is 2.78. The Balaban J connectivity index is 1.36. The van der Waals surface area contributed by atoms with Gasteiger partial charge in [-0.2, -0.15) is 0 Å². The molecule has 1 aromatic heterocycles. The molecule has 0 bridgehead atoms. The van der Waals surface area contributed by atoms with Gasteiger partial charge < -0.3 is 4.74 Å². The molecule has 2 aromatic carbocycles. The molecule has 0 radical (unpaired) electrons. The zero-order chi connectivity index (χ0) is 17.9. The summed E-state index contributed by atoms with van der Waals surface area (Å²) in [7, 11) is 0. The van der Waals surface area contributed by atoms with Crippen LogP contribution in [-0.2, 0) is 6.54 Å². The monoisotopic (exact) mass is 370 g/mol. The topological polar surface area (TPSA) is 25.4 Å². The highest BCUT2D eigenvalue weighted by Crippen LogP contribution is 2.27. The lowest BCUT2D eigenvalue weighted by atomic mass is 10.1. The first-order chi connectivity index (χ1) is 12.7. The summed E-state index contributed by atoms with van der Waals surface area (Å²) in [6.07, 6.45) is 5.20. The maximum atomic E-state index is 14.3. The van der Waals surface area contributed by atoms with Crippen molar-refractivity contribution in [1.82, 2.24) is 9.88 Å². The molecule has 26 heavy (non-hydrogen) atoms. The van der Waals surface area contributed by atoms with Crippen LogP contribution in [0.25, 0.3) is 10.8 Å². The lowest BCUT2D eigenvalue weighted by Gasteiger charge is -2.32. The quantitative estimate of drug-likeness (QED) is 0.641. The molecule has 0 saturated carbocycles. The number of piperidine rings is 1. The minimum absolute atomic E-state index is 0.0465. The first-order valence-electron chi connectivity index (χ1n) is 8.84. The third-order valence-electron chi connectivity index (χ3n) is 4.84. The Kier molecular flexibility index (Phi) is 5.05. The number of likely N-dealkylation sites (tertiary alicyclic amines) is 1. The van der Waals surface area contributed by atoms with E-state index in [0.29, 0.717) is 5.75 Å². The van der Waals surface area contributed by atoms with Gasteiger partial charge in [-0.25, -0.2) is 4.39 Å². The van der Waals surface area contributed by atoms with Crippen LogP contribution in [0.5, 0.6) is 5.75 Å². The van der Waals surface area contributed by atoms with Gasteiger partial charge in [-0.15, -0.1) is 0 Å². The molecule has 1 aliphatic heterocycles. The number of nitrogens with zero attached hydrogens (tertiary/aromatic N) is 2. The molecule has 0 unspecified atom stereocenters. The van der Waals surface area contributed by atoms with Crippen molar-refractivity contribution in [2.45, 2.75) is 25.5 Å². The first-order valence-corrected chi connectivity index (χ1v) is 9.22. The third kappa shape index (κ3) is 3.97. The molecule has 4 rings (SSSR count). The van der Waals surface area contributed by atoms with Gasteiger partial charge >= 0.3 is 0 Å². The third-order valence-corrected chi connectivity index (χ3v) is 5.09. The van der Waals surface area contributed by atoms with Crippen molar-refractivity contribution in [2.75, 3.05) is 13.1 Å². The van der Waals surface area contributed by atoms with E-state index in [4.69, 9.17) is 16.3 Å².